The first kappa shape index (κ1) is 10.7. The van der Waals surface area contributed by atoms with Gasteiger partial charge in [0.15, 0.2) is 6.29 Å². The molecule has 2 heteroatoms. The minimum atomic E-state index is 0.739. The van der Waals surface area contributed by atoms with Gasteiger partial charge in [-0.15, -0.1) is 0 Å². The van der Waals surface area contributed by atoms with Crippen LogP contribution in [0, 0.1) is 13.8 Å². The maximum atomic E-state index is 11.1. The molecule has 0 fully saturated rings. The second kappa shape index (κ2) is 3.97. The zero-order chi connectivity index (χ0) is 11.7. The van der Waals surface area contributed by atoms with Crippen LogP contribution in [0.15, 0.2) is 30.3 Å². The number of carbonyl (C=O) groups is 1. The van der Waals surface area contributed by atoms with Crippen molar-refractivity contribution in [3.63, 3.8) is 0 Å². The van der Waals surface area contributed by atoms with Gasteiger partial charge in [-0.05, 0) is 25.5 Å². The lowest BCUT2D eigenvalue weighted by atomic mass is 10.0. The van der Waals surface area contributed by atoms with Crippen molar-refractivity contribution in [2.75, 3.05) is 0 Å². The highest BCUT2D eigenvalue weighted by Crippen LogP contribution is 2.26. The third-order valence-corrected chi connectivity index (χ3v) is 2.96. The fourth-order valence-corrected chi connectivity index (χ4v) is 1.94. The normalized spacial score (nSPS) is 10.4. The first-order valence-corrected chi connectivity index (χ1v) is 5.32. The molecule has 2 aromatic rings. The average Bonchev–Trinajstić information content (AvgIpc) is 2.55. The van der Waals surface area contributed by atoms with Crippen LogP contribution in [0.3, 0.4) is 0 Å². The summed E-state index contributed by atoms with van der Waals surface area (Å²) in [6.07, 6.45) is 0.921. The summed E-state index contributed by atoms with van der Waals surface area (Å²) >= 11 is 0. The predicted octanol–water partition coefficient (Wildman–Crippen LogP) is 3.12. The zero-order valence-corrected chi connectivity index (χ0v) is 9.82. The van der Waals surface area contributed by atoms with E-state index in [2.05, 4.69) is 25.1 Å². The van der Waals surface area contributed by atoms with Crippen molar-refractivity contribution in [2.45, 2.75) is 13.8 Å². The number of aromatic nitrogens is 1. The summed E-state index contributed by atoms with van der Waals surface area (Å²) < 4.78 is 1.92. The van der Waals surface area contributed by atoms with Gasteiger partial charge in [0.05, 0.1) is 5.69 Å². The molecule has 1 aromatic heterocycles. The molecule has 1 heterocycles. The molecule has 0 bridgehead atoms. The Kier molecular flexibility index (Phi) is 2.65. The molecular weight excluding hydrogens is 198 g/mol. The van der Waals surface area contributed by atoms with Crippen molar-refractivity contribution in [1.29, 1.82) is 0 Å². The van der Waals surface area contributed by atoms with Crippen molar-refractivity contribution in [3.8, 4) is 11.1 Å². The van der Waals surface area contributed by atoms with Crippen LogP contribution in [0.4, 0.5) is 0 Å². The van der Waals surface area contributed by atoms with Gasteiger partial charge in [0.1, 0.15) is 0 Å². The molecular formula is C14H15NO. The number of hydrogen-bond donors (Lipinski definition) is 0. The summed E-state index contributed by atoms with van der Waals surface area (Å²) in [5.41, 5.74) is 5.15. The Balaban J connectivity index is 2.64. The zero-order valence-electron chi connectivity index (χ0n) is 9.82. The van der Waals surface area contributed by atoms with Crippen LogP contribution in [0.25, 0.3) is 11.1 Å². The highest BCUT2D eigenvalue weighted by Gasteiger charge is 2.10. The Labute approximate surface area is 95.5 Å². The van der Waals surface area contributed by atoms with Gasteiger partial charge in [-0.25, -0.2) is 0 Å². The Morgan fingerprint density at radius 2 is 1.94 bits per heavy atom. The SMILES string of the molecule is Cc1cccc(-c2cc(C)n(C)c2C=O)c1. The van der Waals surface area contributed by atoms with Gasteiger partial charge in [0.2, 0.25) is 0 Å². The lowest BCUT2D eigenvalue weighted by Crippen LogP contribution is -1.97. The summed E-state index contributed by atoms with van der Waals surface area (Å²) in [5, 5.41) is 0. The number of hydrogen-bond acceptors (Lipinski definition) is 1. The summed E-state index contributed by atoms with van der Waals surface area (Å²) in [6.45, 7) is 4.06. The van der Waals surface area contributed by atoms with E-state index in [1.807, 2.05) is 30.7 Å². The van der Waals surface area contributed by atoms with E-state index in [0.717, 1.165) is 28.8 Å². The van der Waals surface area contributed by atoms with Crippen LogP contribution in [0.5, 0.6) is 0 Å². The second-order valence-corrected chi connectivity index (χ2v) is 4.13. The highest BCUT2D eigenvalue weighted by molar-refractivity contribution is 5.86. The molecule has 0 saturated carbocycles. The van der Waals surface area contributed by atoms with E-state index in [1.54, 1.807) is 0 Å². The molecule has 1 aromatic carbocycles. The van der Waals surface area contributed by atoms with Gasteiger partial charge in [0.25, 0.3) is 0 Å². The first-order valence-electron chi connectivity index (χ1n) is 5.32. The Bertz CT molecular complexity index is 538. The van der Waals surface area contributed by atoms with Gasteiger partial charge in [-0.2, -0.15) is 0 Å². The van der Waals surface area contributed by atoms with Crippen LogP contribution in [-0.2, 0) is 7.05 Å². The van der Waals surface area contributed by atoms with Crippen LogP contribution >= 0.6 is 0 Å². The molecule has 0 aliphatic carbocycles. The largest absolute Gasteiger partial charge is 0.345 e. The van der Waals surface area contributed by atoms with E-state index in [9.17, 15) is 4.79 Å². The molecule has 0 N–H and O–H groups in total. The molecule has 0 spiro atoms. The van der Waals surface area contributed by atoms with Crippen LogP contribution < -0.4 is 0 Å². The molecule has 2 nitrogen and oxygen atoms in total. The molecule has 0 amide bonds. The smallest absolute Gasteiger partial charge is 0.167 e. The van der Waals surface area contributed by atoms with Crippen molar-refractivity contribution in [3.05, 3.63) is 47.3 Å². The van der Waals surface area contributed by atoms with Crippen LogP contribution in [-0.4, -0.2) is 10.9 Å². The molecule has 0 atom stereocenters. The van der Waals surface area contributed by atoms with E-state index in [4.69, 9.17) is 0 Å². The summed E-state index contributed by atoms with van der Waals surface area (Å²) in [5.74, 6) is 0. The van der Waals surface area contributed by atoms with E-state index < -0.39 is 0 Å². The lowest BCUT2D eigenvalue weighted by Gasteiger charge is -2.02. The van der Waals surface area contributed by atoms with Gasteiger partial charge in [-0.1, -0.05) is 29.8 Å². The lowest BCUT2D eigenvalue weighted by molar-refractivity contribution is 0.111. The van der Waals surface area contributed by atoms with E-state index in [1.165, 1.54) is 5.56 Å². The minimum Gasteiger partial charge on any atom is -0.345 e. The number of rotatable bonds is 2. The molecule has 0 aliphatic heterocycles. The van der Waals surface area contributed by atoms with Gasteiger partial charge >= 0.3 is 0 Å². The average molecular weight is 213 g/mol. The molecule has 0 unspecified atom stereocenters. The van der Waals surface area contributed by atoms with Gasteiger partial charge in [0, 0.05) is 18.3 Å². The van der Waals surface area contributed by atoms with Crippen molar-refractivity contribution in [1.82, 2.24) is 4.57 Å². The predicted molar refractivity (Wildman–Crippen MR) is 65.7 cm³/mol. The number of aryl methyl sites for hydroxylation is 2. The van der Waals surface area contributed by atoms with E-state index >= 15 is 0 Å². The number of benzene rings is 1. The van der Waals surface area contributed by atoms with E-state index in [-0.39, 0.29) is 0 Å². The summed E-state index contributed by atoms with van der Waals surface area (Å²) in [7, 11) is 1.92. The quantitative estimate of drug-likeness (QED) is 0.702. The fourth-order valence-electron chi connectivity index (χ4n) is 1.94. The molecule has 0 saturated heterocycles. The van der Waals surface area contributed by atoms with E-state index in [0.29, 0.717) is 0 Å². The Hall–Kier alpha value is -1.83. The molecule has 0 aliphatic rings. The van der Waals surface area contributed by atoms with Crippen molar-refractivity contribution >= 4 is 6.29 Å². The second-order valence-electron chi connectivity index (χ2n) is 4.13. The van der Waals surface area contributed by atoms with Gasteiger partial charge < -0.3 is 4.57 Å². The molecule has 82 valence electrons. The summed E-state index contributed by atoms with van der Waals surface area (Å²) in [6, 6.07) is 10.3. The topological polar surface area (TPSA) is 22.0 Å². The molecule has 16 heavy (non-hydrogen) atoms. The van der Waals surface area contributed by atoms with Crippen molar-refractivity contribution < 1.29 is 4.79 Å². The van der Waals surface area contributed by atoms with Crippen LogP contribution in [0.1, 0.15) is 21.7 Å². The Morgan fingerprint density at radius 1 is 1.19 bits per heavy atom. The number of aldehydes is 1. The maximum Gasteiger partial charge on any atom is 0.167 e. The standard InChI is InChI=1S/C14H15NO/c1-10-5-4-6-12(7-10)13-8-11(2)15(3)14(13)9-16/h4-9H,1-3H3. The highest BCUT2D eigenvalue weighted by atomic mass is 16.1. The van der Waals surface area contributed by atoms with Crippen molar-refractivity contribution in [2.24, 2.45) is 7.05 Å². The third kappa shape index (κ3) is 1.67. The third-order valence-electron chi connectivity index (χ3n) is 2.96. The monoisotopic (exact) mass is 213 g/mol. The maximum absolute atomic E-state index is 11.1. The first-order chi connectivity index (χ1) is 7.63. The minimum absolute atomic E-state index is 0.739. The Morgan fingerprint density at radius 3 is 2.56 bits per heavy atom. The number of nitrogens with zero attached hydrogens (tertiary/aromatic N) is 1. The van der Waals surface area contributed by atoms with Crippen LogP contribution in [0.2, 0.25) is 0 Å². The van der Waals surface area contributed by atoms with Gasteiger partial charge in [-0.3, -0.25) is 4.79 Å². The number of carbonyl (C=O) groups excluding carboxylic acids is 1. The summed E-state index contributed by atoms with van der Waals surface area (Å²) in [4.78, 5) is 11.1. The fraction of sp³-hybridized carbons (Fsp3) is 0.214. The molecule has 0 radical (unpaired) electrons. The molecule has 2 rings (SSSR count).